The highest BCUT2D eigenvalue weighted by molar-refractivity contribution is 7.14. The fraction of sp³-hybridized carbons (Fsp3) is 0.182. The lowest BCUT2D eigenvalue weighted by molar-refractivity contribution is 0.986. The van der Waals surface area contributed by atoms with Crippen molar-refractivity contribution in [2.45, 2.75) is 13.3 Å². The van der Waals surface area contributed by atoms with Crippen molar-refractivity contribution in [3.8, 4) is 10.6 Å². The monoisotopic (exact) mass is 202 g/mol. The van der Waals surface area contributed by atoms with Crippen LogP contribution in [0, 0.1) is 6.92 Å². The number of aromatic nitrogens is 2. The third-order valence-corrected chi connectivity index (χ3v) is 3.02. The highest BCUT2D eigenvalue weighted by atomic mass is 32.1. The van der Waals surface area contributed by atoms with E-state index in [4.69, 9.17) is 6.92 Å². The Hall–Kier alpha value is -1.22. The van der Waals surface area contributed by atoms with Crippen LogP contribution in [-0.4, -0.2) is 10.2 Å². The Morgan fingerprint density at radius 2 is 2.21 bits per heavy atom. The SMILES string of the molecule is [CH]c1cccc(-c2nnc(CC)s2)c1. The predicted octanol–water partition coefficient (Wildman–Crippen LogP) is 2.83. The molecule has 2 aromatic rings. The molecule has 70 valence electrons. The van der Waals surface area contributed by atoms with Crippen LogP contribution in [0.25, 0.3) is 10.6 Å². The van der Waals surface area contributed by atoms with Crippen LogP contribution >= 0.6 is 11.3 Å². The number of benzene rings is 1. The molecule has 0 unspecified atom stereocenters. The molecule has 0 N–H and O–H groups in total. The van der Waals surface area contributed by atoms with Crippen molar-refractivity contribution < 1.29 is 0 Å². The molecule has 1 aromatic carbocycles. The number of nitrogens with zero attached hydrogens (tertiary/aromatic N) is 2. The molecule has 2 nitrogen and oxygen atoms in total. The molecule has 3 heteroatoms. The van der Waals surface area contributed by atoms with E-state index in [2.05, 4.69) is 17.1 Å². The Bertz CT molecular complexity index is 434. The lowest BCUT2D eigenvalue weighted by Gasteiger charge is -1.95. The maximum atomic E-state index is 5.69. The molecule has 0 fully saturated rings. The van der Waals surface area contributed by atoms with Crippen molar-refractivity contribution >= 4 is 11.3 Å². The zero-order valence-corrected chi connectivity index (χ0v) is 8.71. The van der Waals surface area contributed by atoms with Gasteiger partial charge in [-0.3, -0.25) is 0 Å². The average Bonchev–Trinajstić information content (AvgIpc) is 2.66. The molecule has 14 heavy (non-hydrogen) atoms. The zero-order chi connectivity index (χ0) is 9.97. The fourth-order valence-corrected chi connectivity index (χ4v) is 1.96. The summed E-state index contributed by atoms with van der Waals surface area (Å²) in [5, 5.41) is 10.2. The van der Waals surface area contributed by atoms with Crippen LogP contribution in [0.3, 0.4) is 0 Å². The third kappa shape index (κ3) is 1.82. The Labute approximate surface area is 87.6 Å². The molecular formula is C11H10N2S. The first-order chi connectivity index (χ1) is 6.79. The Morgan fingerprint density at radius 3 is 2.86 bits per heavy atom. The van der Waals surface area contributed by atoms with Gasteiger partial charge in [0.2, 0.25) is 0 Å². The molecule has 1 aromatic heterocycles. The van der Waals surface area contributed by atoms with Crippen LogP contribution in [-0.2, 0) is 6.42 Å². The first-order valence-electron chi connectivity index (χ1n) is 4.48. The van der Waals surface area contributed by atoms with Crippen molar-refractivity contribution in [1.82, 2.24) is 10.2 Å². The van der Waals surface area contributed by atoms with Gasteiger partial charge >= 0.3 is 0 Å². The summed E-state index contributed by atoms with van der Waals surface area (Å²) in [5.41, 5.74) is 1.80. The Balaban J connectivity index is 2.39. The minimum Gasteiger partial charge on any atom is -0.143 e. The van der Waals surface area contributed by atoms with Gasteiger partial charge in [0.15, 0.2) is 0 Å². The molecule has 0 saturated carbocycles. The van der Waals surface area contributed by atoms with Crippen LogP contribution in [0.5, 0.6) is 0 Å². The molecule has 0 aliphatic carbocycles. The molecule has 0 aliphatic rings. The summed E-state index contributed by atoms with van der Waals surface area (Å²) in [6.07, 6.45) is 0.931. The van der Waals surface area contributed by atoms with E-state index in [-0.39, 0.29) is 0 Å². The van der Waals surface area contributed by atoms with Crippen molar-refractivity contribution in [2.75, 3.05) is 0 Å². The largest absolute Gasteiger partial charge is 0.147 e. The molecule has 0 saturated heterocycles. The molecule has 0 bridgehead atoms. The summed E-state index contributed by atoms with van der Waals surface area (Å²) in [6, 6.07) is 7.71. The summed E-state index contributed by atoms with van der Waals surface area (Å²) in [7, 11) is 0. The van der Waals surface area contributed by atoms with Gasteiger partial charge in [-0.15, -0.1) is 10.2 Å². The topological polar surface area (TPSA) is 25.8 Å². The second-order valence-electron chi connectivity index (χ2n) is 2.98. The van der Waals surface area contributed by atoms with Gasteiger partial charge in [0.1, 0.15) is 10.0 Å². The number of aryl methyl sites for hydroxylation is 1. The van der Waals surface area contributed by atoms with Gasteiger partial charge in [0.05, 0.1) is 0 Å². The van der Waals surface area contributed by atoms with E-state index in [1.165, 1.54) is 0 Å². The normalized spacial score (nSPS) is 10.4. The van der Waals surface area contributed by atoms with Gasteiger partial charge < -0.3 is 0 Å². The highest BCUT2D eigenvalue weighted by Gasteiger charge is 2.04. The Kier molecular flexibility index (Phi) is 2.59. The lowest BCUT2D eigenvalue weighted by Crippen LogP contribution is -1.78. The summed E-state index contributed by atoms with van der Waals surface area (Å²) >= 11 is 1.62. The quantitative estimate of drug-likeness (QED) is 0.748. The maximum absolute atomic E-state index is 5.69. The maximum Gasteiger partial charge on any atom is 0.147 e. The summed E-state index contributed by atoms with van der Waals surface area (Å²) in [6.45, 7) is 7.76. The van der Waals surface area contributed by atoms with E-state index in [1.807, 2.05) is 24.3 Å². The van der Waals surface area contributed by atoms with Crippen molar-refractivity contribution in [1.29, 1.82) is 0 Å². The summed E-state index contributed by atoms with van der Waals surface area (Å²) in [5.74, 6) is 0. The first-order valence-corrected chi connectivity index (χ1v) is 5.29. The zero-order valence-electron chi connectivity index (χ0n) is 7.90. The predicted molar refractivity (Wildman–Crippen MR) is 58.1 cm³/mol. The number of hydrogen-bond donors (Lipinski definition) is 0. The molecule has 0 amide bonds. The molecule has 2 rings (SSSR count). The molecular weight excluding hydrogens is 192 g/mol. The van der Waals surface area contributed by atoms with E-state index in [1.54, 1.807) is 11.3 Å². The number of hydrogen-bond acceptors (Lipinski definition) is 3. The van der Waals surface area contributed by atoms with Crippen LogP contribution in [0.4, 0.5) is 0 Å². The number of rotatable bonds is 2. The highest BCUT2D eigenvalue weighted by Crippen LogP contribution is 2.24. The van der Waals surface area contributed by atoms with E-state index in [0.29, 0.717) is 0 Å². The molecule has 0 aliphatic heterocycles. The lowest BCUT2D eigenvalue weighted by atomic mass is 10.1. The van der Waals surface area contributed by atoms with Crippen LogP contribution in [0.2, 0.25) is 0 Å². The summed E-state index contributed by atoms with van der Waals surface area (Å²) < 4.78 is 0. The fourth-order valence-electron chi connectivity index (χ4n) is 1.18. The summed E-state index contributed by atoms with van der Waals surface area (Å²) in [4.78, 5) is 0. The molecule has 1 heterocycles. The van der Waals surface area contributed by atoms with Crippen LogP contribution in [0.1, 0.15) is 17.5 Å². The smallest absolute Gasteiger partial charge is 0.143 e. The van der Waals surface area contributed by atoms with E-state index in [9.17, 15) is 0 Å². The molecule has 0 atom stereocenters. The third-order valence-electron chi connectivity index (χ3n) is 1.90. The van der Waals surface area contributed by atoms with Crippen molar-refractivity contribution in [3.05, 3.63) is 41.8 Å². The first kappa shape index (κ1) is 9.34. The average molecular weight is 202 g/mol. The van der Waals surface area contributed by atoms with Gasteiger partial charge in [0.25, 0.3) is 0 Å². The van der Waals surface area contributed by atoms with Crippen molar-refractivity contribution in [3.63, 3.8) is 0 Å². The van der Waals surface area contributed by atoms with Gasteiger partial charge in [-0.2, -0.15) is 0 Å². The van der Waals surface area contributed by atoms with Gasteiger partial charge in [-0.1, -0.05) is 36.5 Å². The van der Waals surface area contributed by atoms with Crippen LogP contribution in [0.15, 0.2) is 24.3 Å². The Morgan fingerprint density at radius 1 is 1.36 bits per heavy atom. The van der Waals surface area contributed by atoms with Gasteiger partial charge in [-0.05, 0) is 25.0 Å². The second kappa shape index (κ2) is 3.88. The van der Waals surface area contributed by atoms with Gasteiger partial charge in [-0.25, -0.2) is 0 Å². The second-order valence-corrected chi connectivity index (χ2v) is 4.04. The van der Waals surface area contributed by atoms with E-state index in [0.717, 1.165) is 27.6 Å². The van der Waals surface area contributed by atoms with Crippen LogP contribution < -0.4 is 0 Å². The van der Waals surface area contributed by atoms with E-state index < -0.39 is 0 Å². The minimum absolute atomic E-state index is 0.760. The minimum atomic E-state index is 0.760. The molecule has 0 spiro atoms. The molecule has 2 radical (unpaired) electrons. The van der Waals surface area contributed by atoms with E-state index >= 15 is 0 Å². The standard InChI is InChI=1S/C11H10N2S/c1-3-10-12-13-11(14-10)9-6-4-5-8(2)7-9/h2,4-7H,3H2,1H3. The van der Waals surface area contributed by atoms with Gasteiger partial charge in [0, 0.05) is 5.56 Å². The van der Waals surface area contributed by atoms with Crippen molar-refractivity contribution in [2.24, 2.45) is 0 Å².